The van der Waals surface area contributed by atoms with Gasteiger partial charge in [0, 0.05) is 22.2 Å². The number of fused-ring (bicyclic) bond motifs is 1. The lowest BCUT2D eigenvalue weighted by molar-refractivity contribution is 0.0867. The normalized spacial score (nSPS) is 11.1. The minimum atomic E-state index is -0.259. The Morgan fingerprint density at radius 3 is 2.85 bits per heavy atom. The molecule has 3 heterocycles. The van der Waals surface area contributed by atoms with E-state index in [4.69, 9.17) is 0 Å². The van der Waals surface area contributed by atoms with Gasteiger partial charge in [-0.25, -0.2) is 4.68 Å². The molecule has 0 fully saturated rings. The first-order valence-corrected chi connectivity index (χ1v) is 7.99. The summed E-state index contributed by atoms with van der Waals surface area (Å²) in [6.07, 6.45) is 5.51. The molecule has 0 amide bonds. The van der Waals surface area contributed by atoms with E-state index < -0.39 is 0 Å². The van der Waals surface area contributed by atoms with Gasteiger partial charge < -0.3 is 4.57 Å². The van der Waals surface area contributed by atoms with Crippen molar-refractivity contribution in [3.63, 3.8) is 0 Å². The number of aromatic nitrogens is 7. The molecule has 0 unspecified atom stereocenters. The molecule has 0 N–H and O–H groups in total. The first-order valence-electron chi connectivity index (χ1n) is 7.99. The predicted octanol–water partition coefficient (Wildman–Crippen LogP) is 1.33. The van der Waals surface area contributed by atoms with Gasteiger partial charge in [-0.3, -0.25) is 9.59 Å². The van der Waals surface area contributed by atoms with E-state index in [1.54, 1.807) is 6.20 Å². The topological polar surface area (TPSA) is 100 Å². The van der Waals surface area contributed by atoms with Crippen molar-refractivity contribution >= 4 is 23.1 Å². The van der Waals surface area contributed by atoms with Crippen molar-refractivity contribution in [2.45, 2.75) is 20.0 Å². The van der Waals surface area contributed by atoms with E-state index in [0.717, 1.165) is 27.6 Å². The van der Waals surface area contributed by atoms with Gasteiger partial charge in [0.05, 0.1) is 25.1 Å². The number of benzene rings is 1. The molecule has 9 nitrogen and oxygen atoms in total. The Labute approximate surface area is 147 Å². The second-order valence-electron chi connectivity index (χ2n) is 5.87. The first kappa shape index (κ1) is 15.9. The Bertz CT molecular complexity index is 1090. The van der Waals surface area contributed by atoms with Crippen LogP contribution in [0.4, 0.5) is 0 Å². The minimum absolute atomic E-state index is 0.0152. The van der Waals surface area contributed by atoms with Crippen LogP contribution >= 0.6 is 0 Å². The number of para-hydroxylation sites is 1. The van der Waals surface area contributed by atoms with Crippen molar-refractivity contribution in [2.75, 3.05) is 0 Å². The molecule has 130 valence electrons. The van der Waals surface area contributed by atoms with E-state index in [1.165, 1.54) is 17.1 Å². The second-order valence-corrected chi connectivity index (χ2v) is 5.87. The van der Waals surface area contributed by atoms with Crippen LogP contribution < -0.4 is 0 Å². The highest BCUT2D eigenvalue weighted by molar-refractivity contribution is 5.99. The van der Waals surface area contributed by atoms with Gasteiger partial charge in [0.1, 0.15) is 12.2 Å². The molecule has 9 heteroatoms. The number of carbonyl (C=O) groups is 2. The average Bonchev–Trinajstić information content (AvgIpc) is 3.37. The van der Waals surface area contributed by atoms with Gasteiger partial charge in [-0.2, -0.15) is 4.68 Å². The fraction of sp³-hybridized carbons (Fsp3) is 0.176. The molecule has 0 atom stereocenters. The number of rotatable bonds is 5. The zero-order valence-corrected chi connectivity index (χ0v) is 14.0. The van der Waals surface area contributed by atoms with Gasteiger partial charge >= 0.3 is 0 Å². The van der Waals surface area contributed by atoms with Crippen molar-refractivity contribution in [1.29, 1.82) is 0 Å². The summed E-state index contributed by atoms with van der Waals surface area (Å²) in [7, 11) is 0. The van der Waals surface area contributed by atoms with Gasteiger partial charge in [-0.15, -0.1) is 10.2 Å². The molecule has 0 aliphatic rings. The van der Waals surface area contributed by atoms with Crippen molar-refractivity contribution in [3.05, 3.63) is 59.8 Å². The van der Waals surface area contributed by atoms with Crippen molar-refractivity contribution < 1.29 is 9.59 Å². The van der Waals surface area contributed by atoms with Crippen LogP contribution in [0.25, 0.3) is 10.9 Å². The smallest absolute Gasteiger partial charge is 0.270 e. The maximum absolute atomic E-state index is 12.0. The Hall–Kier alpha value is -3.62. The van der Waals surface area contributed by atoms with Gasteiger partial charge in [0.15, 0.2) is 6.29 Å². The monoisotopic (exact) mass is 349 g/mol. The summed E-state index contributed by atoms with van der Waals surface area (Å²) in [5, 5.41) is 16.3. The van der Waals surface area contributed by atoms with Crippen LogP contribution in [0, 0.1) is 6.92 Å². The number of aldehydes is 1. The summed E-state index contributed by atoms with van der Waals surface area (Å²) >= 11 is 0. The molecular weight excluding hydrogens is 334 g/mol. The van der Waals surface area contributed by atoms with Crippen molar-refractivity contribution in [2.24, 2.45) is 0 Å². The Kier molecular flexibility index (Phi) is 3.88. The fourth-order valence-corrected chi connectivity index (χ4v) is 3.01. The molecular formula is C17H15N7O2. The molecule has 26 heavy (non-hydrogen) atoms. The van der Waals surface area contributed by atoms with E-state index >= 15 is 0 Å². The van der Waals surface area contributed by atoms with Crippen LogP contribution in [-0.2, 0) is 13.1 Å². The highest BCUT2D eigenvalue weighted by Gasteiger charge is 2.15. The Balaban J connectivity index is 1.60. The van der Waals surface area contributed by atoms with Crippen LogP contribution in [0.3, 0.4) is 0 Å². The summed E-state index contributed by atoms with van der Waals surface area (Å²) in [4.78, 5) is 23.5. The summed E-state index contributed by atoms with van der Waals surface area (Å²) in [5.74, 6) is -0.259. The van der Waals surface area contributed by atoms with Crippen LogP contribution in [0.5, 0.6) is 0 Å². The number of hydrogen-bond acceptors (Lipinski definition) is 6. The molecule has 0 spiro atoms. The largest absolute Gasteiger partial charge is 0.338 e. The lowest BCUT2D eigenvalue weighted by Crippen LogP contribution is -2.18. The van der Waals surface area contributed by atoms with E-state index in [1.807, 2.05) is 35.8 Å². The summed E-state index contributed by atoms with van der Waals surface area (Å²) < 4.78 is 4.63. The van der Waals surface area contributed by atoms with E-state index in [9.17, 15) is 9.59 Å². The predicted molar refractivity (Wildman–Crippen MR) is 91.8 cm³/mol. The molecule has 1 aromatic carbocycles. The lowest BCUT2D eigenvalue weighted by Gasteiger charge is -2.05. The average molecular weight is 349 g/mol. The molecule has 0 saturated carbocycles. The van der Waals surface area contributed by atoms with E-state index in [2.05, 4.69) is 20.6 Å². The van der Waals surface area contributed by atoms with Crippen molar-refractivity contribution in [1.82, 2.24) is 34.6 Å². The molecule has 0 aliphatic carbocycles. The Morgan fingerprint density at radius 1 is 1.23 bits per heavy atom. The second kappa shape index (κ2) is 6.36. The highest BCUT2D eigenvalue weighted by atomic mass is 16.2. The molecule has 0 bridgehead atoms. The van der Waals surface area contributed by atoms with Gasteiger partial charge in [0.25, 0.3) is 5.91 Å². The molecule has 0 aliphatic heterocycles. The van der Waals surface area contributed by atoms with Crippen LogP contribution in [0.2, 0.25) is 0 Å². The third-order valence-corrected chi connectivity index (χ3v) is 4.28. The summed E-state index contributed by atoms with van der Waals surface area (Å²) in [5.41, 5.74) is 3.20. The van der Waals surface area contributed by atoms with E-state index in [-0.39, 0.29) is 12.5 Å². The minimum Gasteiger partial charge on any atom is -0.338 e. The standard InChI is InChI=1S/C17H15N7O2/c1-12-15(11-25)14-4-2-3-5-16(14)23(12)9-13-8-22(21-19-13)10-17(26)24-7-6-18-20-24/h2-8,11H,9-10H2,1H3. The SMILES string of the molecule is Cc1c(C=O)c2ccccc2n1Cc1cn(CC(=O)n2ccnn2)nn1. The quantitative estimate of drug-likeness (QED) is 0.504. The van der Waals surface area contributed by atoms with Crippen LogP contribution in [0.1, 0.15) is 26.5 Å². The maximum Gasteiger partial charge on any atom is 0.270 e. The molecule has 0 saturated heterocycles. The molecule has 4 rings (SSSR count). The number of hydrogen-bond donors (Lipinski definition) is 0. The number of carbonyl (C=O) groups excluding carboxylic acids is 2. The third-order valence-electron chi connectivity index (χ3n) is 4.28. The Morgan fingerprint density at radius 2 is 2.08 bits per heavy atom. The first-order chi connectivity index (χ1) is 12.7. The number of nitrogens with zero attached hydrogens (tertiary/aromatic N) is 7. The summed E-state index contributed by atoms with van der Waals surface area (Å²) in [6, 6.07) is 7.73. The molecule has 3 aromatic heterocycles. The summed E-state index contributed by atoms with van der Waals surface area (Å²) in [6.45, 7) is 2.38. The highest BCUT2D eigenvalue weighted by Crippen LogP contribution is 2.25. The third kappa shape index (κ3) is 2.69. The van der Waals surface area contributed by atoms with Crippen LogP contribution in [-0.4, -0.2) is 46.7 Å². The van der Waals surface area contributed by atoms with Gasteiger partial charge in [0.2, 0.25) is 0 Å². The van der Waals surface area contributed by atoms with Crippen LogP contribution in [0.15, 0.2) is 42.9 Å². The van der Waals surface area contributed by atoms with E-state index in [0.29, 0.717) is 17.8 Å². The van der Waals surface area contributed by atoms with Crippen molar-refractivity contribution in [3.8, 4) is 0 Å². The maximum atomic E-state index is 12.0. The molecule has 4 aromatic rings. The molecule has 0 radical (unpaired) electrons. The van der Waals surface area contributed by atoms with Gasteiger partial charge in [-0.1, -0.05) is 28.6 Å². The van der Waals surface area contributed by atoms with Gasteiger partial charge in [-0.05, 0) is 13.0 Å². The zero-order valence-electron chi connectivity index (χ0n) is 14.0. The zero-order chi connectivity index (χ0) is 18.1. The lowest BCUT2D eigenvalue weighted by atomic mass is 10.1. The fourth-order valence-electron chi connectivity index (χ4n) is 3.01.